The fourth-order valence-electron chi connectivity index (χ4n) is 1.85. The number of fused-ring (bicyclic) bond motifs is 4. The summed E-state index contributed by atoms with van der Waals surface area (Å²) >= 11 is 0. The first-order valence-electron chi connectivity index (χ1n) is 4.92. The van der Waals surface area contributed by atoms with E-state index < -0.39 is 11.2 Å². The Hall–Kier alpha value is -1.66. The summed E-state index contributed by atoms with van der Waals surface area (Å²) in [6.07, 6.45) is -0.626. The molecular formula is C10H9NO5. The van der Waals surface area contributed by atoms with Crippen molar-refractivity contribution in [2.24, 2.45) is 0 Å². The topological polar surface area (TPSA) is 70.8 Å². The Balaban J connectivity index is 2.05. The van der Waals surface area contributed by atoms with Crippen molar-refractivity contribution in [1.29, 1.82) is 0 Å². The molecule has 1 fully saturated rings. The van der Waals surface area contributed by atoms with Crippen LogP contribution in [0.5, 0.6) is 5.75 Å². The zero-order chi connectivity index (χ0) is 11.1. The van der Waals surface area contributed by atoms with Gasteiger partial charge in [0, 0.05) is 12.1 Å². The van der Waals surface area contributed by atoms with Crippen LogP contribution in [0.1, 0.15) is 11.9 Å². The van der Waals surface area contributed by atoms with Gasteiger partial charge in [-0.05, 0) is 6.07 Å². The molecule has 1 saturated heterocycles. The van der Waals surface area contributed by atoms with Crippen molar-refractivity contribution in [2.75, 3.05) is 13.2 Å². The van der Waals surface area contributed by atoms with Crippen molar-refractivity contribution in [3.63, 3.8) is 0 Å². The first kappa shape index (κ1) is 9.56. The Morgan fingerprint density at radius 1 is 1.38 bits per heavy atom. The molecule has 6 heteroatoms. The third-order valence-corrected chi connectivity index (χ3v) is 2.63. The summed E-state index contributed by atoms with van der Waals surface area (Å²) < 4.78 is 16.4. The Morgan fingerprint density at radius 3 is 3.06 bits per heavy atom. The van der Waals surface area contributed by atoms with Gasteiger partial charge in [-0.25, -0.2) is 0 Å². The second kappa shape index (κ2) is 3.43. The maximum absolute atomic E-state index is 10.7. The lowest BCUT2D eigenvalue weighted by Crippen LogP contribution is -2.18. The number of ether oxygens (including phenoxy) is 3. The zero-order valence-corrected chi connectivity index (χ0v) is 8.29. The lowest BCUT2D eigenvalue weighted by atomic mass is 10.1. The number of nitro groups is 1. The molecule has 2 aliphatic rings. The molecular weight excluding hydrogens is 214 g/mol. The highest BCUT2D eigenvalue weighted by molar-refractivity contribution is 5.45. The molecule has 84 valence electrons. The summed E-state index contributed by atoms with van der Waals surface area (Å²) in [5.74, 6) is 0.595. The molecule has 0 amide bonds. The van der Waals surface area contributed by atoms with E-state index in [1.54, 1.807) is 6.07 Å². The molecule has 0 spiro atoms. The van der Waals surface area contributed by atoms with Crippen LogP contribution in [0.4, 0.5) is 5.69 Å². The van der Waals surface area contributed by atoms with E-state index in [1.807, 2.05) is 0 Å². The van der Waals surface area contributed by atoms with Crippen LogP contribution in [0.25, 0.3) is 0 Å². The first-order valence-corrected chi connectivity index (χ1v) is 4.92. The normalized spacial score (nSPS) is 26.8. The molecule has 16 heavy (non-hydrogen) atoms. The minimum absolute atomic E-state index is 0.0138. The Kier molecular flexibility index (Phi) is 2.05. The Bertz CT molecular complexity index is 447. The van der Waals surface area contributed by atoms with E-state index in [2.05, 4.69) is 0 Å². The van der Waals surface area contributed by atoms with Crippen LogP contribution >= 0.6 is 0 Å². The van der Waals surface area contributed by atoms with Gasteiger partial charge in [0.05, 0.1) is 17.1 Å². The molecule has 2 heterocycles. The van der Waals surface area contributed by atoms with Crippen LogP contribution in [0, 0.1) is 10.1 Å². The monoisotopic (exact) mass is 223 g/mol. The van der Waals surface area contributed by atoms with Crippen molar-refractivity contribution < 1.29 is 19.1 Å². The minimum atomic E-state index is -0.539. The van der Waals surface area contributed by atoms with Gasteiger partial charge in [0.25, 0.3) is 5.69 Å². The van der Waals surface area contributed by atoms with Gasteiger partial charge in [0.1, 0.15) is 18.5 Å². The smallest absolute Gasteiger partial charge is 0.270 e. The lowest BCUT2D eigenvalue weighted by molar-refractivity contribution is -0.385. The average Bonchev–Trinajstić information content (AvgIpc) is 2.65. The highest BCUT2D eigenvalue weighted by Crippen LogP contribution is 2.38. The second-order valence-electron chi connectivity index (χ2n) is 3.71. The van der Waals surface area contributed by atoms with Gasteiger partial charge in [-0.15, -0.1) is 0 Å². The van der Waals surface area contributed by atoms with Crippen LogP contribution in [0.15, 0.2) is 18.2 Å². The molecule has 2 bridgehead atoms. The van der Waals surface area contributed by atoms with E-state index in [4.69, 9.17) is 14.2 Å². The fraction of sp³-hybridized carbons (Fsp3) is 0.400. The molecule has 0 radical (unpaired) electrons. The largest absolute Gasteiger partial charge is 0.490 e. The number of hydrogen-bond acceptors (Lipinski definition) is 5. The summed E-state index contributed by atoms with van der Waals surface area (Å²) in [5.41, 5.74) is 0.606. The molecule has 3 rings (SSSR count). The summed E-state index contributed by atoms with van der Waals surface area (Å²) in [6.45, 7) is 0.883. The van der Waals surface area contributed by atoms with E-state index in [-0.39, 0.29) is 11.8 Å². The van der Waals surface area contributed by atoms with Gasteiger partial charge in [0.2, 0.25) is 0 Å². The molecule has 0 aliphatic carbocycles. The van der Waals surface area contributed by atoms with E-state index in [1.165, 1.54) is 12.1 Å². The predicted molar refractivity (Wildman–Crippen MR) is 52.2 cm³/mol. The molecule has 0 aromatic heterocycles. The molecule has 1 aromatic carbocycles. The highest BCUT2D eigenvalue weighted by Gasteiger charge is 2.34. The van der Waals surface area contributed by atoms with Crippen molar-refractivity contribution in [1.82, 2.24) is 0 Å². The van der Waals surface area contributed by atoms with Gasteiger partial charge in [-0.2, -0.15) is 0 Å². The number of nitro benzene ring substituents is 1. The summed E-state index contributed by atoms with van der Waals surface area (Å²) in [4.78, 5) is 10.2. The van der Waals surface area contributed by atoms with Gasteiger partial charge in [-0.3, -0.25) is 10.1 Å². The Labute approximate surface area is 90.9 Å². The third kappa shape index (κ3) is 1.43. The molecule has 2 atom stereocenters. The van der Waals surface area contributed by atoms with Crippen LogP contribution in [0.2, 0.25) is 0 Å². The van der Waals surface area contributed by atoms with Gasteiger partial charge >= 0.3 is 0 Å². The van der Waals surface area contributed by atoms with Crippen LogP contribution < -0.4 is 4.74 Å². The third-order valence-electron chi connectivity index (χ3n) is 2.63. The molecule has 0 N–H and O–H groups in total. The van der Waals surface area contributed by atoms with E-state index in [0.29, 0.717) is 24.5 Å². The first-order chi connectivity index (χ1) is 7.74. The molecule has 6 nitrogen and oxygen atoms in total. The fourth-order valence-corrected chi connectivity index (χ4v) is 1.85. The maximum atomic E-state index is 10.7. The van der Waals surface area contributed by atoms with Gasteiger partial charge < -0.3 is 14.2 Å². The second-order valence-corrected chi connectivity index (χ2v) is 3.71. The predicted octanol–water partition coefficient (Wildman–Crippen LogP) is 1.40. The van der Waals surface area contributed by atoms with Gasteiger partial charge in [-0.1, -0.05) is 0 Å². The van der Waals surface area contributed by atoms with Crippen molar-refractivity contribution in [2.45, 2.75) is 12.4 Å². The van der Waals surface area contributed by atoms with E-state index >= 15 is 0 Å². The van der Waals surface area contributed by atoms with Crippen LogP contribution in [0.3, 0.4) is 0 Å². The standard InChI is InChI=1S/C10H9NO5/c12-11(13)6-1-2-9-8(3-6)10-15-5-7(16-10)4-14-9/h1-3,7,10H,4-5H2/t7-,10+/m0/s1. The van der Waals surface area contributed by atoms with Crippen LogP contribution in [-0.2, 0) is 9.47 Å². The molecule has 1 aromatic rings. The van der Waals surface area contributed by atoms with Crippen molar-refractivity contribution in [3.05, 3.63) is 33.9 Å². The summed E-state index contributed by atoms with van der Waals surface area (Å²) in [7, 11) is 0. The number of nitrogens with zero attached hydrogens (tertiary/aromatic N) is 1. The van der Waals surface area contributed by atoms with Gasteiger partial charge in [0.15, 0.2) is 6.29 Å². The van der Waals surface area contributed by atoms with Crippen molar-refractivity contribution >= 4 is 5.69 Å². The lowest BCUT2D eigenvalue weighted by Gasteiger charge is -2.12. The SMILES string of the molecule is O=[N+]([O-])c1ccc2c(c1)[C@@H]1OC[C@H](CO2)O1. The average molecular weight is 223 g/mol. The zero-order valence-electron chi connectivity index (χ0n) is 8.29. The minimum Gasteiger partial charge on any atom is -0.490 e. The quantitative estimate of drug-likeness (QED) is 0.531. The van der Waals surface area contributed by atoms with Crippen molar-refractivity contribution in [3.8, 4) is 5.75 Å². The highest BCUT2D eigenvalue weighted by atomic mass is 16.7. The molecule has 0 unspecified atom stereocenters. The van der Waals surface area contributed by atoms with E-state index in [9.17, 15) is 10.1 Å². The number of benzene rings is 1. The Morgan fingerprint density at radius 2 is 2.25 bits per heavy atom. The number of non-ortho nitro benzene ring substituents is 1. The molecule has 0 saturated carbocycles. The van der Waals surface area contributed by atoms with Crippen LogP contribution in [-0.4, -0.2) is 24.2 Å². The summed E-state index contributed by atoms with van der Waals surface area (Å²) in [6, 6.07) is 4.44. The summed E-state index contributed by atoms with van der Waals surface area (Å²) in [5, 5.41) is 10.7. The molecule has 2 aliphatic heterocycles. The number of rotatable bonds is 1. The number of hydrogen-bond donors (Lipinski definition) is 0. The van der Waals surface area contributed by atoms with E-state index in [0.717, 1.165) is 0 Å². The maximum Gasteiger partial charge on any atom is 0.270 e.